The van der Waals surface area contributed by atoms with E-state index in [4.69, 9.17) is 0 Å². The van der Waals surface area contributed by atoms with Gasteiger partial charge in [-0.15, -0.1) is 0 Å². The van der Waals surface area contributed by atoms with E-state index in [2.05, 4.69) is 13.0 Å². The van der Waals surface area contributed by atoms with Crippen LogP contribution in [0.1, 0.15) is 58.3 Å². The second-order valence-electron chi connectivity index (χ2n) is 5.98. The van der Waals surface area contributed by atoms with Crippen LogP contribution in [0.4, 0.5) is 0 Å². The Bertz CT molecular complexity index is 257. The van der Waals surface area contributed by atoms with E-state index in [9.17, 15) is 0 Å². The summed E-state index contributed by atoms with van der Waals surface area (Å²) in [4.78, 5) is 0. The molecule has 3 fully saturated rings. The van der Waals surface area contributed by atoms with Gasteiger partial charge in [-0.2, -0.15) is 0 Å². The summed E-state index contributed by atoms with van der Waals surface area (Å²) in [6.45, 7) is 2.50. The molecule has 0 amide bonds. The van der Waals surface area contributed by atoms with Crippen LogP contribution in [0.3, 0.4) is 0 Å². The molecule has 0 heterocycles. The fraction of sp³-hybridized carbons (Fsp3) is 0.857. The van der Waals surface area contributed by atoms with Crippen LogP contribution in [-0.4, -0.2) is 0 Å². The molecule has 0 N–H and O–H groups in total. The van der Waals surface area contributed by atoms with Crippen LogP contribution in [0, 0.1) is 17.3 Å². The van der Waals surface area contributed by atoms with Crippen molar-refractivity contribution in [2.45, 2.75) is 58.3 Å². The first-order chi connectivity index (χ1) is 6.78. The molecule has 0 bridgehead atoms. The van der Waals surface area contributed by atoms with Gasteiger partial charge in [-0.3, -0.25) is 0 Å². The molecule has 0 radical (unpaired) electrons. The van der Waals surface area contributed by atoms with Crippen molar-refractivity contribution >= 4 is 0 Å². The Labute approximate surface area is 87.8 Å². The zero-order valence-electron chi connectivity index (χ0n) is 9.39. The van der Waals surface area contributed by atoms with Gasteiger partial charge in [-0.1, -0.05) is 31.4 Å². The summed E-state index contributed by atoms with van der Waals surface area (Å²) in [7, 11) is 0. The first-order valence-electron chi connectivity index (χ1n) is 6.48. The minimum atomic E-state index is 0.788. The molecule has 0 nitrogen and oxygen atoms in total. The van der Waals surface area contributed by atoms with Crippen LogP contribution in [0.2, 0.25) is 0 Å². The van der Waals surface area contributed by atoms with Crippen molar-refractivity contribution in [3.8, 4) is 0 Å². The van der Waals surface area contributed by atoms with Gasteiger partial charge in [0.1, 0.15) is 0 Å². The van der Waals surface area contributed by atoms with E-state index in [1.165, 1.54) is 51.4 Å². The monoisotopic (exact) mass is 190 g/mol. The Kier molecular flexibility index (Phi) is 2.00. The second kappa shape index (κ2) is 3.12. The normalized spacial score (nSPS) is 46.2. The second-order valence-corrected chi connectivity index (χ2v) is 5.98. The first kappa shape index (κ1) is 9.00. The van der Waals surface area contributed by atoms with Gasteiger partial charge in [0.05, 0.1) is 0 Å². The Morgan fingerprint density at radius 1 is 1.21 bits per heavy atom. The topological polar surface area (TPSA) is 0 Å². The van der Waals surface area contributed by atoms with E-state index >= 15 is 0 Å². The molecule has 0 aromatic carbocycles. The van der Waals surface area contributed by atoms with Crippen molar-refractivity contribution in [1.82, 2.24) is 0 Å². The van der Waals surface area contributed by atoms with E-state index in [0.717, 1.165) is 17.3 Å². The van der Waals surface area contributed by atoms with Crippen molar-refractivity contribution in [2.24, 2.45) is 17.3 Å². The number of hydrogen-bond donors (Lipinski definition) is 0. The van der Waals surface area contributed by atoms with Crippen molar-refractivity contribution in [2.75, 3.05) is 0 Å². The maximum Gasteiger partial charge on any atom is -0.0225 e. The van der Waals surface area contributed by atoms with Gasteiger partial charge in [0.2, 0.25) is 0 Å². The lowest BCUT2D eigenvalue weighted by atomic mass is 9.77. The molecular weight excluding hydrogens is 168 g/mol. The lowest BCUT2D eigenvalue weighted by molar-refractivity contribution is 0.219. The van der Waals surface area contributed by atoms with Crippen LogP contribution < -0.4 is 0 Å². The molecule has 0 aromatic heterocycles. The molecule has 0 saturated heterocycles. The molecule has 3 unspecified atom stereocenters. The molecule has 3 saturated carbocycles. The van der Waals surface area contributed by atoms with E-state index in [1.807, 2.05) is 0 Å². The van der Waals surface area contributed by atoms with Crippen LogP contribution in [0.25, 0.3) is 0 Å². The molecule has 0 heteroatoms. The Hall–Kier alpha value is -0.260. The third-order valence-electron chi connectivity index (χ3n) is 5.05. The summed E-state index contributed by atoms with van der Waals surface area (Å²) < 4.78 is 0. The molecule has 0 aromatic rings. The Balaban J connectivity index is 1.70. The van der Waals surface area contributed by atoms with E-state index in [0.29, 0.717) is 0 Å². The van der Waals surface area contributed by atoms with Gasteiger partial charge in [0.15, 0.2) is 0 Å². The summed E-state index contributed by atoms with van der Waals surface area (Å²) in [6.07, 6.45) is 14.5. The first-order valence-corrected chi connectivity index (χ1v) is 6.48. The molecule has 3 rings (SSSR count). The molecule has 3 atom stereocenters. The summed E-state index contributed by atoms with van der Waals surface area (Å²) in [5.74, 6) is 1.98. The standard InChI is InChI=1S/C14H22/c1-11-3-2-7-14(11)8-6-13(10-14)9-12-4-5-12/h9,11,13H,2-8,10H2,1H3. The SMILES string of the molecule is CC1CCCC12CCC(C=C1CC1)C2. The molecule has 78 valence electrons. The van der Waals surface area contributed by atoms with Gasteiger partial charge >= 0.3 is 0 Å². The third-order valence-corrected chi connectivity index (χ3v) is 5.05. The highest BCUT2D eigenvalue weighted by Gasteiger charge is 2.45. The fourth-order valence-electron chi connectivity index (χ4n) is 3.90. The highest BCUT2D eigenvalue weighted by molar-refractivity contribution is 5.19. The Morgan fingerprint density at radius 3 is 2.71 bits per heavy atom. The van der Waals surface area contributed by atoms with Gasteiger partial charge in [-0.25, -0.2) is 0 Å². The predicted octanol–water partition coefficient (Wildman–Crippen LogP) is 4.31. The van der Waals surface area contributed by atoms with Gasteiger partial charge in [-0.05, 0) is 55.8 Å². The Morgan fingerprint density at radius 2 is 2.07 bits per heavy atom. The van der Waals surface area contributed by atoms with Crippen LogP contribution in [-0.2, 0) is 0 Å². The summed E-state index contributed by atoms with van der Waals surface area (Å²) in [5.41, 5.74) is 2.55. The van der Waals surface area contributed by atoms with Crippen LogP contribution in [0.5, 0.6) is 0 Å². The average Bonchev–Trinajstić information content (AvgIpc) is 2.77. The quantitative estimate of drug-likeness (QED) is 0.540. The zero-order chi connectivity index (χ0) is 9.60. The van der Waals surface area contributed by atoms with Crippen LogP contribution in [0.15, 0.2) is 11.6 Å². The fourth-order valence-corrected chi connectivity index (χ4v) is 3.90. The number of rotatable bonds is 1. The zero-order valence-corrected chi connectivity index (χ0v) is 9.39. The van der Waals surface area contributed by atoms with Crippen molar-refractivity contribution in [1.29, 1.82) is 0 Å². The summed E-state index contributed by atoms with van der Waals surface area (Å²) in [6, 6.07) is 0. The molecule has 1 spiro atoms. The van der Waals surface area contributed by atoms with E-state index in [1.54, 1.807) is 5.57 Å². The van der Waals surface area contributed by atoms with E-state index in [-0.39, 0.29) is 0 Å². The maximum absolute atomic E-state index is 2.62. The van der Waals surface area contributed by atoms with Gasteiger partial charge in [0.25, 0.3) is 0 Å². The van der Waals surface area contributed by atoms with Gasteiger partial charge in [0, 0.05) is 0 Å². The summed E-state index contributed by atoms with van der Waals surface area (Å²) in [5, 5.41) is 0. The summed E-state index contributed by atoms with van der Waals surface area (Å²) >= 11 is 0. The predicted molar refractivity (Wildman–Crippen MR) is 60.1 cm³/mol. The molecule has 14 heavy (non-hydrogen) atoms. The van der Waals surface area contributed by atoms with Gasteiger partial charge < -0.3 is 0 Å². The molecule has 0 aliphatic heterocycles. The maximum atomic E-state index is 2.62. The number of allylic oxidation sites excluding steroid dienone is 2. The lowest BCUT2D eigenvalue weighted by Crippen LogP contribution is -2.19. The highest BCUT2D eigenvalue weighted by atomic mass is 14.5. The minimum absolute atomic E-state index is 0.788. The van der Waals surface area contributed by atoms with E-state index < -0.39 is 0 Å². The largest absolute Gasteiger partial charge is 0.0822 e. The third kappa shape index (κ3) is 1.43. The smallest absolute Gasteiger partial charge is 0.0225 e. The van der Waals surface area contributed by atoms with Crippen molar-refractivity contribution < 1.29 is 0 Å². The van der Waals surface area contributed by atoms with Crippen molar-refractivity contribution in [3.63, 3.8) is 0 Å². The van der Waals surface area contributed by atoms with Crippen LogP contribution >= 0.6 is 0 Å². The van der Waals surface area contributed by atoms with Crippen molar-refractivity contribution in [3.05, 3.63) is 11.6 Å². The molecular formula is C14H22. The minimum Gasteiger partial charge on any atom is -0.0822 e. The molecule has 3 aliphatic rings. The number of hydrogen-bond acceptors (Lipinski definition) is 0. The highest BCUT2D eigenvalue weighted by Crippen LogP contribution is 2.56. The molecule has 3 aliphatic carbocycles. The lowest BCUT2D eigenvalue weighted by Gasteiger charge is -2.28. The average molecular weight is 190 g/mol.